The highest BCUT2D eigenvalue weighted by molar-refractivity contribution is 5.98. The average molecular weight is 1180 g/mol. The van der Waals surface area contributed by atoms with E-state index in [1.165, 1.54) is 11.8 Å². The molecule has 2 aromatic rings. The second-order valence-electron chi connectivity index (χ2n) is 23.5. The number of carboxylic acid groups (broad SMARTS) is 1. The Labute approximate surface area is 494 Å². The number of nitrogens with two attached hydrogens (primary N) is 2. The molecule has 14 N–H and O–H groups in total. The van der Waals surface area contributed by atoms with Gasteiger partial charge in [-0.1, -0.05) is 116 Å². The summed E-state index contributed by atoms with van der Waals surface area (Å²) in [4.78, 5) is 150. The van der Waals surface area contributed by atoms with Gasteiger partial charge in [0.05, 0.1) is 19.1 Å². The number of aliphatic carboxylic acids is 1. The first kappa shape index (κ1) is 70.8. The van der Waals surface area contributed by atoms with E-state index in [4.69, 9.17) is 11.5 Å². The highest BCUT2D eigenvalue weighted by Gasteiger charge is 2.37. The van der Waals surface area contributed by atoms with Crippen molar-refractivity contribution in [2.45, 2.75) is 187 Å². The van der Waals surface area contributed by atoms with Crippen molar-refractivity contribution in [3.8, 4) is 0 Å². The molecule has 1 aliphatic rings. The van der Waals surface area contributed by atoms with Gasteiger partial charge in [0.1, 0.15) is 48.3 Å². The number of hydrogen-bond acceptors (Lipinski definition) is 13. The minimum atomic E-state index is -1.23. The molecule has 84 heavy (non-hydrogen) atoms. The Morgan fingerprint density at radius 3 is 1.40 bits per heavy atom. The van der Waals surface area contributed by atoms with Crippen LogP contribution in [-0.2, 0) is 65.6 Å². The number of nitrogens with zero attached hydrogens (tertiary/aromatic N) is 1. The largest absolute Gasteiger partial charge is 0.480 e. The maximum absolute atomic E-state index is 14.5. The van der Waals surface area contributed by atoms with Crippen molar-refractivity contribution in [3.05, 3.63) is 71.8 Å². The third-order valence-electron chi connectivity index (χ3n) is 14.0. The molecule has 24 heteroatoms. The molecule has 0 bridgehead atoms. The van der Waals surface area contributed by atoms with Crippen LogP contribution in [-0.4, -0.2) is 156 Å². The van der Waals surface area contributed by atoms with E-state index in [1.807, 2.05) is 91.8 Å². The molecule has 3 rings (SSSR count). The summed E-state index contributed by atoms with van der Waals surface area (Å²) in [5.74, 6) is -8.30. The lowest BCUT2D eigenvalue weighted by Crippen LogP contribution is -2.60. The Bertz CT molecular complexity index is 2500. The maximum Gasteiger partial charge on any atom is 0.326 e. The molecular weight excluding hydrogens is 1080 g/mol. The second kappa shape index (κ2) is 36.3. The Hall–Kier alpha value is -7.47. The molecule has 10 amide bonds. The molecule has 0 unspecified atom stereocenters. The van der Waals surface area contributed by atoms with Crippen LogP contribution >= 0.6 is 0 Å². The minimum absolute atomic E-state index is 0.0304. The summed E-state index contributed by atoms with van der Waals surface area (Å²) in [6, 6.07) is 8.14. The molecule has 0 aliphatic carbocycles. The van der Waals surface area contributed by atoms with Gasteiger partial charge >= 0.3 is 5.97 Å². The summed E-state index contributed by atoms with van der Waals surface area (Å²) in [7, 11) is 0. The van der Waals surface area contributed by atoms with E-state index in [2.05, 4.69) is 47.9 Å². The zero-order valence-electron chi connectivity index (χ0n) is 50.4. The molecule has 1 fully saturated rings. The molecule has 0 spiro atoms. The summed E-state index contributed by atoms with van der Waals surface area (Å²) < 4.78 is 0. The lowest BCUT2D eigenvalue weighted by molar-refractivity contribution is -0.142. The first-order valence-corrected chi connectivity index (χ1v) is 29.4. The van der Waals surface area contributed by atoms with Gasteiger partial charge in [-0.25, -0.2) is 4.79 Å². The van der Waals surface area contributed by atoms with Gasteiger partial charge in [0.15, 0.2) is 0 Å². The zero-order valence-corrected chi connectivity index (χ0v) is 50.4. The second-order valence-corrected chi connectivity index (χ2v) is 23.5. The molecule has 0 aromatic heterocycles. The fourth-order valence-electron chi connectivity index (χ4n) is 9.62. The fourth-order valence-corrected chi connectivity index (χ4v) is 9.62. The Kier molecular flexibility index (Phi) is 30.6. The van der Waals surface area contributed by atoms with Crippen LogP contribution in [0.3, 0.4) is 0 Å². The number of likely N-dealkylation sites (tertiary alicyclic amines) is 1. The van der Waals surface area contributed by atoms with E-state index in [-0.39, 0.29) is 81.6 Å². The molecule has 1 saturated heterocycles. The third-order valence-corrected chi connectivity index (χ3v) is 14.0. The van der Waals surface area contributed by atoms with Crippen molar-refractivity contribution >= 4 is 65.0 Å². The molecule has 2 aromatic carbocycles. The van der Waals surface area contributed by atoms with Gasteiger partial charge < -0.3 is 69.3 Å². The van der Waals surface area contributed by atoms with Crippen LogP contribution in [0, 0.1) is 23.7 Å². The number of hydrogen-bond donors (Lipinski definition) is 12. The first-order valence-electron chi connectivity index (χ1n) is 29.4. The van der Waals surface area contributed by atoms with E-state index in [0.29, 0.717) is 31.4 Å². The summed E-state index contributed by atoms with van der Waals surface area (Å²) in [5.41, 5.74) is 13.3. The van der Waals surface area contributed by atoms with Crippen molar-refractivity contribution < 1.29 is 57.8 Å². The SMILES string of the molecule is CC(C)C[C@H](NC(=O)[C@H](CC(C)C)NC(=O)[C@H](CC(C)C)NC(=O)[C@H](Cc1ccccc1)NC(=O)[C@H](CC(C)C)NC(=O)[C@@H](N)Cc1ccccc1)C(=O)NCC(=O)N1CCC[C@H]1C(=O)N[C@@H](C)C(=O)NCC(=O)N[C@@H](CCCCN)C(=O)O. The molecule has 9 atom stereocenters. The van der Waals surface area contributed by atoms with Gasteiger partial charge in [0.25, 0.3) is 0 Å². The van der Waals surface area contributed by atoms with Crippen molar-refractivity contribution in [3.63, 3.8) is 0 Å². The Morgan fingerprint density at radius 2 is 0.940 bits per heavy atom. The van der Waals surface area contributed by atoms with E-state index in [1.54, 1.807) is 24.3 Å². The number of nitrogens with one attached hydrogen (secondary N) is 9. The predicted molar refractivity (Wildman–Crippen MR) is 317 cm³/mol. The lowest BCUT2D eigenvalue weighted by atomic mass is 9.98. The number of unbranched alkanes of at least 4 members (excludes halogenated alkanes) is 1. The third kappa shape index (κ3) is 25.6. The quantitative estimate of drug-likeness (QED) is 0.0421. The summed E-state index contributed by atoms with van der Waals surface area (Å²) in [5, 5.41) is 33.4. The van der Waals surface area contributed by atoms with E-state index < -0.39 is 133 Å². The highest BCUT2D eigenvalue weighted by atomic mass is 16.4. The standard InChI is InChI=1S/C60H94N12O12/c1-35(2)27-44(54(77)64-34-51(74)72-26-18-24-49(72)59(82)65-39(9)52(75)63-33-50(73)66-43(60(83)84)23-16-17-25-61)68-56(79)46(29-37(5)6)69-57(80)47(30-38(7)8)70-58(81)48(32-41-21-14-11-15-22-41)71-55(78)45(28-36(3)4)67-53(76)42(62)31-40-19-12-10-13-20-40/h10-15,19-22,35-39,42-49H,16-18,23-34,61-62H2,1-9H3,(H,63,75)(H,64,77)(H,65,82)(H,66,73)(H,67,76)(H,68,79)(H,69,80)(H,70,81)(H,71,78)(H,83,84)/t39-,42-,43-,44-,45-,46-,47-,48-,49-/m0/s1. The first-order chi connectivity index (χ1) is 39.7. The van der Waals surface area contributed by atoms with Crippen molar-refractivity contribution in [2.75, 3.05) is 26.2 Å². The van der Waals surface area contributed by atoms with Crippen LogP contribution in [0.4, 0.5) is 0 Å². The monoisotopic (exact) mass is 1170 g/mol. The molecule has 0 radical (unpaired) electrons. The smallest absolute Gasteiger partial charge is 0.326 e. The van der Waals surface area contributed by atoms with E-state index in [9.17, 15) is 57.8 Å². The Morgan fingerprint density at radius 1 is 0.512 bits per heavy atom. The van der Waals surface area contributed by atoms with Crippen molar-refractivity contribution in [1.29, 1.82) is 0 Å². The summed E-state index contributed by atoms with van der Waals surface area (Å²) >= 11 is 0. The van der Waals surface area contributed by atoms with E-state index >= 15 is 0 Å². The van der Waals surface area contributed by atoms with Crippen LogP contribution < -0.4 is 59.3 Å². The van der Waals surface area contributed by atoms with Crippen LogP contribution in [0.15, 0.2) is 60.7 Å². The topological polar surface area (TPSA) is 372 Å². The normalized spacial score (nSPS) is 16.0. The van der Waals surface area contributed by atoms with Gasteiger partial charge in [-0.15, -0.1) is 0 Å². The molecule has 24 nitrogen and oxygen atoms in total. The maximum atomic E-state index is 14.5. The Balaban J connectivity index is 1.72. The van der Waals surface area contributed by atoms with Gasteiger partial charge in [0.2, 0.25) is 59.1 Å². The van der Waals surface area contributed by atoms with Crippen molar-refractivity contribution in [2.24, 2.45) is 35.1 Å². The molecular formula is C60H94N12O12. The number of amides is 10. The number of rotatable bonds is 36. The van der Waals surface area contributed by atoms with Gasteiger partial charge in [0, 0.05) is 13.0 Å². The highest BCUT2D eigenvalue weighted by Crippen LogP contribution is 2.19. The number of carboxylic acids is 1. The van der Waals surface area contributed by atoms with Crippen LogP contribution in [0.5, 0.6) is 0 Å². The van der Waals surface area contributed by atoms with Crippen LogP contribution in [0.25, 0.3) is 0 Å². The van der Waals surface area contributed by atoms with Gasteiger partial charge in [-0.05, 0) is 112 Å². The lowest BCUT2D eigenvalue weighted by Gasteiger charge is -2.29. The summed E-state index contributed by atoms with van der Waals surface area (Å²) in [6.07, 6.45) is 2.83. The fraction of sp³-hybridized carbons (Fsp3) is 0.617. The van der Waals surface area contributed by atoms with Crippen molar-refractivity contribution in [1.82, 2.24) is 52.8 Å². The molecule has 0 saturated carbocycles. The van der Waals surface area contributed by atoms with Gasteiger partial charge in [-0.2, -0.15) is 0 Å². The van der Waals surface area contributed by atoms with Crippen LogP contribution in [0.2, 0.25) is 0 Å². The number of carbonyl (C=O) groups is 11. The number of benzene rings is 2. The molecule has 1 heterocycles. The van der Waals surface area contributed by atoms with E-state index in [0.717, 1.165) is 5.56 Å². The number of carbonyl (C=O) groups excluding carboxylic acids is 10. The minimum Gasteiger partial charge on any atom is -0.480 e. The molecule has 466 valence electrons. The average Bonchev–Trinajstić information content (AvgIpc) is 4.09. The van der Waals surface area contributed by atoms with Gasteiger partial charge in [-0.3, -0.25) is 47.9 Å². The molecule has 1 aliphatic heterocycles. The van der Waals surface area contributed by atoms with Crippen LogP contribution in [0.1, 0.15) is 131 Å². The summed E-state index contributed by atoms with van der Waals surface area (Å²) in [6.45, 7) is 15.7. The zero-order chi connectivity index (χ0) is 62.6. The predicted octanol–water partition coefficient (Wildman–Crippen LogP) is 0.834.